The lowest BCUT2D eigenvalue weighted by Gasteiger charge is -2.07. The van der Waals surface area contributed by atoms with Crippen LogP contribution in [0.2, 0.25) is 0 Å². The molecule has 0 bridgehead atoms. The van der Waals surface area contributed by atoms with Gasteiger partial charge in [0.25, 0.3) is 5.56 Å². The zero-order valence-electron chi connectivity index (χ0n) is 16.8. The highest BCUT2D eigenvalue weighted by Crippen LogP contribution is 2.35. The lowest BCUT2D eigenvalue weighted by molar-refractivity contribution is -0.116. The Morgan fingerprint density at radius 2 is 1.97 bits per heavy atom. The minimum Gasteiger partial charge on any atom is -0.351 e. The average molecular weight is 449 g/mol. The van der Waals surface area contributed by atoms with Crippen molar-refractivity contribution >= 4 is 34.7 Å². The molecule has 1 N–H and O–H groups in total. The normalized spacial score (nSPS) is 11.1. The van der Waals surface area contributed by atoms with E-state index < -0.39 is 0 Å². The van der Waals surface area contributed by atoms with E-state index in [9.17, 15) is 9.59 Å². The zero-order valence-corrected chi connectivity index (χ0v) is 18.5. The Morgan fingerprint density at radius 3 is 2.74 bits per heavy atom. The van der Waals surface area contributed by atoms with Crippen LogP contribution in [-0.4, -0.2) is 27.2 Å². The van der Waals surface area contributed by atoms with Gasteiger partial charge >= 0.3 is 0 Å². The molecule has 1 aromatic carbocycles. The lowest BCUT2D eigenvalue weighted by atomic mass is 10.2. The fourth-order valence-electron chi connectivity index (χ4n) is 2.95. The number of carbonyl (C=O) groups excluding carboxylic acids is 1. The van der Waals surface area contributed by atoms with E-state index in [1.165, 1.54) is 16.8 Å². The lowest BCUT2D eigenvalue weighted by Crippen LogP contribution is -2.31. The summed E-state index contributed by atoms with van der Waals surface area (Å²) in [5, 5.41) is 10.3. The summed E-state index contributed by atoms with van der Waals surface area (Å²) in [6, 6.07) is 16.9. The topological polar surface area (TPSA) is 76.9 Å². The summed E-state index contributed by atoms with van der Waals surface area (Å²) in [5.41, 5.74) is 2.32. The molecule has 0 unspecified atom stereocenters. The second-order valence-corrected chi connectivity index (χ2v) is 8.67. The standard InChI is InChI=1S/C23H20N4O2S2/c1-16-22(31-23(25-16)19-8-5-15-30-19)18-10-12-21(29)27(26-18)14-13-24-20(28)11-9-17-6-3-2-4-7-17/h2-12,15H,13-14H2,1H3,(H,24,28). The van der Waals surface area contributed by atoms with E-state index in [4.69, 9.17) is 0 Å². The van der Waals surface area contributed by atoms with Gasteiger partial charge in [0.15, 0.2) is 0 Å². The van der Waals surface area contributed by atoms with Crippen LogP contribution in [0.3, 0.4) is 0 Å². The molecule has 156 valence electrons. The third-order valence-electron chi connectivity index (χ3n) is 4.48. The first kappa shape index (κ1) is 20.9. The van der Waals surface area contributed by atoms with Crippen LogP contribution in [0.5, 0.6) is 0 Å². The quantitative estimate of drug-likeness (QED) is 0.429. The van der Waals surface area contributed by atoms with Crippen LogP contribution in [0.1, 0.15) is 11.3 Å². The number of rotatable bonds is 7. The van der Waals surface area contributed by atoms with Gasteiger partial charge < -0.3 is 5.32 Å². The van der Waals surface area contributed by atoms with Gasteiger partial charge in [0.1, 0.15) is 10.7 Å². The van der Waals surface area contributed by atoms with E-state index in [1.54, 1.807) is 34.8 Å². The summed E-state index contributed by atoms with van der Waals surface area (Å²) < 4.78 is 1.38. The number of aryl methyl sites for hydroxylation is 1. The fourth-order valence-corrected chi connectivity index (χ4v) is 4.78. The first-order valence-electron chi connectivity index (χ1n) is 9.71. The highest BCUT2D eigenvalue weighted by molar-refractivity contribution is 7.23. The molecule has 8 heteroatoms. The Hall–Kier alpha value is -3.36. The van der Waals surface area contributed by atoms with Gasteiger partial charge in [0, 0.05) is 18.7 Å². The summed E-state index contributed by atoms with van der Waals surface area (Å²) in [6.45, 7) is 2.53. The number of thiazole rings is 1. The molecule has 31 heavy (non-hydrogen) atoms. The minimum atomic E-state index is -0.216. The molecule has 3 heterocycles. The molecule has 0 fully saturated rings. The Morgan fingerprint density at radius 1 is 1.13 bits per heavy atom. The molecular formula is C23H20N4O2S2. The third kappa shape index (κ3) is 5.22. The van der Waals surface area contributed by atoms with Crippen molar-refractivity contribution in [3.05, 3.63) is 87.7 Å². The van der Waals surface area contributed by atoms with Crippen LogP contribution in [0, 0.1) is 6.92 Å². The summed E-state index contributed by atoms with van der Waals surface area (Å²) in [4.78, 5) is 31.0. The first-order chi connectivity index (χ1) is 15.1. The van der Waals surface area contributed by atoms with E-state index in [0.29, 0.717) is 12.2 Å². The molecule has 0 aliphatic rings. The smallest absolute Gasteiger partial charge is 0.266 e. The fraction of sp³-hybridized carbons (Fsp3) is 0.130. The monoisotopic (exact) mass is 448 g/mol. The molecular weight excluding hydrogens is 428 g/mol. The molecule has 0 radical (unpaired) electrons. The van der Waals surface area contributed by atoms with Crippen molar-refractivity contribution in [1.29, 1.82) is 0 Å². The van der Waals surface area contributed by atoms with E-state index in [2.05, 4.69) is 15.4 Å². The van der Waals surface area contributed by atoms with Crippen molar-refractivity contribution in [1.82, 2.24) is 20.1 Å². The van der Waals surface area contributed by atoms with Gasteiger partial charge in [-0.2, -0.15) is 5.10 Å². The molecule has 0 spiro atoms. The number of aromatic nitrogens is 3. The number of thiophene rings is 1. The van der Waals surface area contributed by atoms with E-state index in [0.717, 1.165) is 26.0 Å². The van der Waals surface area contributed by atoms with Gasteiger partial charge in [-0.3, -0.25) is 9.59 Å². The van der Waals surface area contributed by atoms with E-state index in [1.807, 2.05) is 54.8 Å². The second-order valence-electron chi connectivity index (χ2n) is 6.73. The van der Waals surface area contributed by atoms with Crippen LogP contribution < -0.4 is 10.9 Å². The van der Waals surface area contributed by atoms with Gasteiger partial charge in [0.05, 0.1) is 22.0 Å². The van der Waals surface area contributed by atoms with Crippen LogP contribution in [0.4, 0.5) is 0 Å². The maximum atomic E-state index is 12.2. The number of nitrogens with one attached hydrogen (secondary N) is 1. The number of benzene rings is 1. The van der Waals surface area contributed by atoms with Crippen molar-refractivity contribution in [3.8, 4) is 20.5 Å². The van der Waals surface area contributed by atoms with Crippen molar-refractivity contribution in [2.75, 3.05) is 6.54 Å². The maximum Gasteiger partial charge on any atom is 0.266 e. The predicted octanol–water partition coefficient (Wildman–Crippen LogP) is 4.23. The SMILES string of the molecule is Cc1nc(-c2cccs2)sc1-c1ccc(=O)n(CCNC(=O)C=Cc2ccccc2)n1. The number of hydrogen-bond acceptors (Lipinski definition) is 6. The van der Waals surface area contributed by atoms with Crippen molar-refractivity contribution < 1.29 is 4.79 Å². The number of hydrogen-bond donors (Lipinski definition) is 1. The van der Waals surface area contributed by atoms with Crippen LogP contribution in [0.25, 0.3) is 26.5 Å². The molecule has 0 saturated carbocycles. The minimum absolute atomic E-state index is 0.210. The Kier molecular flexibility index (Phi) is 6.49. The number of amides is 1. The summed E-state index contributed by atoms with van der Waals surface area (Å²) >= 11 is 3.20. The molecule has 4 aromatic rings. The van der Waals surface area contributed by atoms with Gasteiger partial charge in [-0.1, -0.05) is 36.4 Å². The maximum absolute atomic E-state index is 12.2. The molecule has 0 saturated heterocycles. The van der Waals surface area contributed by atoms with Gasteiger partial charge in [-0.25, -0.2) is 9.67 Å². The summed E-state index contributed by atoms with van der Waals surface area (Å²) in [5.74, 6) is -0.216. The molecule has 0 atom stereocenters. The molecule has 4 rings (SSSR count). The predicted molar refractivity (Wildman–Crippen MR) is 126 cm³/mol. The number of nitrogens with zero attached hydrogens (tertiary/aromatic N) is 3. The number of carbonyl (C=O) groups is 1. The molecule has 0 aliphatic heterocycles. The summed E-state index contributed by atoms with van der Waals surface area (Å²) in [6.07, 6.45) is 3.23. The highest BCUT2D eigenvalue weighted by Gasteiger charge is 2.14. The van der Waals surface area contributed by atoms with Gasteiger partial charge in [-0.05, 0) is 36.1 Å². The Bertz CT molecular complexity index is 1260. The van der Waals surface area contributed by atoms with Crippen molar-refractivity contribution in [3.63, 3.8) is 0 Å². The average Bonchev–Trinajstić information content (AvgIpc) is 3.44. The molecule has 6 nitrogen and oxygen atoms in total. The van der Waals surface area contributed by atoms with Crippen molar-refractivity contribution in [2.24, 2.45) is 0 Å². The van der Waals surface area contributed by atoms with Crippen LogP contribution in [0.15, 0.2) is 70.8 Å². The summed E-state index contributed by atoms with van der Waals surface area (Å²) in [7, 11) is 0. The van der Waals surface area contributed by atoms with Gasteiger partial charge in [0.2, 0.25) is 5.91 Å². The van der Waals surface area contributed by atoms with Crippen LogP contribution >= 0.6 is 22.7 Å². The molecule has 1 amide bonds. The first-order valence-corrected chi connectivity index (χ1v) is 11.4. The van der Waals surface area contributed by atoms with Gasteiger partial charge in [-0.15, -0.1) is 22.7 Å². The Balaban J connectivity index is 1.42. The second kappa shape index (κ2) is 9.63. The van der Waals surface area contributed by atoms with Crippen molar-refractivity contribution in [2.45, 2.75) is 13.5 Å². The highest BCUT2D eigenvalue weighted by atomic mass is 32.1. The zero-order chi connectivity index (χ0) is 21.6. The largest absolute Gasteiger partial charge is 0.351 e. The van der Waals surface area contributed by atoms with E-state index in [-0.39, 0.29) is 18.0 Å². The molecule has 3 aromatic heterocycles. The molecule has 0 aliphatic carbocycles. The van der Waals surface area contributed by atoms with E-state index >= 15 is 0 Å². The van der Waals surface area contributed by atoms with Crippen LogP contribution in [-0.2, 0) is 11.3 Å². The Labute approximate surface area is 187 Å². The third-order valence-corrected chi connectivity index (χ3v) is 6.70.